The van der Waals surface area contributed by atoms with Crippen LogP contribution in [0.2, 0.25) is 0 Å². The molecule has 33 heavy (non-hydrogen) atoms. The number of ether oxygens (including phenoxy) is 1. The second-order valence-corrected chi connectivity index (χ2v) is 8.72. The van der Waals surface area contributed by atoms with Gasteiger partial charge in [0.1, 0.15) is 11.4 Å². The second kappa shape index (κ2) is 8.94. The summed E-state index contributed by atoms with van der Waals surface area (Å²) in [6.07, 6.45) is 0.0450. The van der Waals surface area contributed by atoms with Gasteiger partial charge in [0, 0.05) is 5.69 Å². The Morgan fingerprint density at radius 2 is 1.36 bits per heavy atom. The van der Waals surface area contributed by atoms with Crippen LogP contribution in [-0.4, -0.2) is 17.9 Å². The molecule has 0 unspecified atom stereocenters. The average Bonchev–Trinajstić information content (AvgIpc) is 2.99. The van der Waals surface area contributed by atoms with E-state index in [0.717, 1.165) is 22.4 Å². The molecule has 0 saturated heterocycles. The number of hydrogen-bond donors (Lipinski definition) is 1. The van der Waals surface area contributed by atoms with Crippen LogP contribution in [0.1, 0.15) is 36.1 Å². The van der Waals surface area contributed by atoms with Crippen molar-refractivity contribution in [3.63, 3.8) is 0 Å². The molecule has 0 spiro atoms. The summed E-state index contributed by atoms with van der Waals surface area (Å²) in [6.45, 7) is 9.83. The lowest BCUT2D eigenvalue weighted by Crippen LogP contribution is -2.32. The number of nitrogens with one attached hydrogen (secondary N) is 1. The number of rotatable bonds is 6. The highest BCUT2D eigenvalue weighted by molar-refractivity contribution is 6.46. The van der Waals surface area contributed by atoms with E-state index in [9.17, 15) is 9.59 Å². The van der Waals surface area contributed by atoms with Crippen LogP contribution in [0, 0.1) is 20.8 Å². The number of aryl methyl sites for hydroxylation is 3. The first-order valence-electron chi connectivity index (χ1n) is 11.0. The largest absolute Gasteiger partial charge is 0.491 e. The van der Waals surface area contributed by atoms with Gasteiger partial charge in [0.15, 0.2) is 0 Å². The lowest BCUT2D eigenvalue weighted by Gasteiger charge is -2.17. The summed E-state index contributed by atoms with van der Waals surface area (Å²) >= 11 is 0. The number of amides is 2. The fourth-order valence-electron chi connectivity index (χ4n) is 3.98. The summed E-state index contributed by atoms with van der Waals surface area (Å²) in [4.78, 5) is 28.5. The molecule has 0 atom stereocenters. The highest BCUT2D eigenvalue weighted by atomic mass is 16.5. The first-order chi connectivity index (χ1) is 15.7. The zero-order chi connectivity index (χ0) is 23.7. The summed E-state index contributed by atoms with van der Waals surface area (Å²) in [5, 5.41) is 3.21. The van der Waals surface area contributed by atoms with E-state index in [1.807, 2.05) is 101 Å². The fourth-order valence-corrected chi connectivity index (χ4v) is 3.98. The van der Waals surface area contributed by atoms with E-state index in [-0.39, 0.29) is 23.6 Å². The predicted molar refractivity (Wildman–Crippen MR) is 132 cm³/mol. The molecule has 2 amide bonds. The minimum absolute atomic E-state index is 0.0450. The standard InChI is InChI=1S/C28H28N2O3/c1-17(2)33-24-12-8-21(9-13-24)25-26(29-22-10-6-18(3)7-11-22)28(32)30(27(25)31)23-15-19(4)14-20(5)16-23/h6-17,29H,1-5H3. The molecular weight excluding hydrogens is 412 g/mol. The number of carbonyl (C=O) groups is 2. The van der Waals surface area contributed by atoms with Gasteiger partial charge in [0.2, 0.25) is 0 Å². The smallest absolute Gasteiger partial charge is 0.282 e. The van der Waals surface area contributed by atoms with Crippen molar-refractivity contribution >= 4 is 28.8 Å². The molecule has 1 N–H and O–H groups in total. The molecule has 0 bridgehead atoms. The molecule has 5 heteroatoms. The van der Waals surface area contributed by atoms with Gasteiger partial charge in [-0.2, -0.15) is 0 Å². The number of carbonyl (C=O) groups excluding carboxylic acids is 2. The van der Waals surface area contributed by atoms with E-state index < -0.39 is 0 Å². The Morgan fingerprint density at radius 3 is 1.94 bits per heavy atom. The molecular formula is C28H28N2O3. The van der Waals surface area contributed by atoms with Crippen molar-refractivity contribution in [3.05, 3.63) is 94.7 Å². The van der Waals surface area contributed by atoms with E-state index in [4.69, 9.17) is 4.74 Å². The van der Waals surface area contributed by atoms with Crippen LogP contribution in [0.5, 0.6) is 5.75 Å². The van der Waals surface area contributed by atoms with E-state index in [2.05, 4.69) is 5.32 Å². The van der Waals surface area contributed by atoms with Gasteiger partial charge in [0.25, 0.3) is 11.8 Å². The van der Waals surface area contributed by atoms with Crippen LogP contribution in [0.4, 0.5) is 11.4 Å². The van der Waals surface area contributed by atoms with Crippen LogP contribution < -0.4 is 15.0 Å². The first-order valence-corrected chi connectivity index (χ1v) is 11.0. The summed E-state index contributed by atoms with van der Waals surface area (Å²) in [5.74, 6) is -0.00875. The van der Waals surface area contributed by atoms with Crippen molar-refractivity contribution < 1.29 is 14.3 Å². The van der Waals surface area contributed by atoms with Crippen LogP contribution in [0.3, 0.4) is 0 Å². The number of anilines is 2. The van der Waals surface area contributed by atoms with Crippen LogP contribution in [0.15, 0.2) is 72.4 Å². The zero-order valence-electron chi connectivity index (χ0n) is 19.6. The van der Waals surface area contributed by atoms with E-state index >= 15 is 0 Å². The topological polar surface area (TPSA) is 58.6 Å². The van der Waals surface area contributed by atoms with Gasteiger partial charge in [-0.05, 0) is 87.7 Å². The maximum absolute atomic E-state index is 13.6. The van der Waals surface area contributed by atoms with Gasteiger partial charge in [-0.1, -0.05) is 35.9 Å². The fraction of sp³-hybridized carbons (Fsp3) is 0.214. The van der Waals surface area contributed by atoms with Crippen molar-refractivity contribution in [2.24, 2.45) is 0 Å². The minimum atomic E-state index is -0.372. The highest BCUT2D eigenvalue weighted by Crippen LogP contribution is 2.35. The maximum Gasteiger partial charge on any atom is 0.282 e. The molecule has 1 aliphatic heterocycles. The van der Waals surface area contributed by atoms with E-state index in [1.54, 1.807) is 0 Å². The lowest BCUT2D eigenvalue weighted by molar-refractivity contribution is -0.120. The number of benzene rings is 3. The van der Waals surface area contributed by atoms with E-state index in [1.165, 1.54) is 4.90 Å². The highest BCUT2D eigenvalue weighted by Gasteiger charge is 2.40. The monoisotopic (exact) mass is 440 g/mol. The summed E-state index contributed by atoms with van der Waals surface area (Å²) in [5.41, 5.74) is 5.67. The van der Waals surface area contributed by atoms with Crippen molar-refractivity contribution in [1.29, 1.82) is 0 Å². The molecule has 3 aromatic carbocycles. The molecule has 0 fully saturated rings. The Kier molecular flexibility index (Phi) is 6.05. The summed E-state index contributed by atoms with van der Waals surface area (Å²) in [7, 11) is 0. The first kappa shape index (κ1) is 22.3. The van der Waals surface area contributed by atoms with Gasteiger partial charge in [0.05, 0.1) is 17.4 Å². The van der Waals surface area contributed by atoms with Crippen LogP contribution in [0.25, 0.3) is 5.57 Å². The van der Waals surface area contributed by atoms with Gasteiger partial charge < -0.3 is 10.1 Å². The summed E-state index contributed by atoms with van der Waals surface area (Å²) < 4.78 is 5.74. The molecule has 168 valence electrons. The Bertz CT molecular complexity index is 1220. The molecule has 0 aromatic heterocycles. The zero-order valence-corrected chi connectivity index (χ0v) is 19.6. The molecule has 1 aliphatic rings. The third-order valence-electron chi connectivity index (χ3n) is 5.38. The Morgan fingerprint density at radius 1 is 0.758 bits per heavy atom. The third kappa shape index (κ3) is 4.67. The Hall–Kier alpha value is -3.86. The predicted octanol–water partition coefficient (Wildman–Crippen LogP) is 5.80. The average molecular weight is 441 g/mol. The van der Waals surface area contributed by atoms with E-state index in [0.29, 0.717) is 22.6 Å². The second-order valence-electron chi connectivity index (χ2n) is 8.72. The minimum Gasteiger partial charge on any atom is -0.491 e. The molecule has 5 nitrogen and oxygen atoms in total. The Labute approximate surface area is 194 Å². The molecule has 0 saturated carbocycles. The molecule has 0 aliphatic carbocycles. The van der Waals surface area contributed by atoms with Crippen molar-refractivity contribution in [2.75, 3.05) is 10.2 Å². The van der Waals surface area contributed by atoms with Gasteiger partial charge in [-0.25, -0.2) is 4.90 Å². The van der Waals surface area contributed by atoms with Gasteiger partial charge >= 0.3 is 0 Å². The van der Waals surface area contributed by atoms with Crippen LogP contribution in [-0.2, 0) is 9.59 Å². The normalized spacial score (nSPS) is 13.8. The molecule has 1 heterocycles. The summed E-state index contributed by atoms with van der Waals surface area (Å²) in [6, 6.07) is 20.7. The van der Waals surface area contributed by atoms with Crippen LogP contribution >= 0.6 is 0 Å². The van der Waals surface area contributed by atoms with Crippen molar-refractivity contribution in [1.82, 2.24) is 0 Å². The quantitative estimate of drug-likeness (QED) is 0.493. The lowest BCUT2D eigenvalue weighted by atomic mass is 10.0. The third-order valence-corrected chi connectivity index (χ3v) is 5.38. The van der Waals surface area contributed by atoms with Gasteiger partial charge in [-0.3, -0.25) is 9.59 Å². The number of imide groups is 1. The number of nitrogens with zero attached hydrogens (tertiary/aromatic N) is 1. The number of hydrogen-bond acceptors (Lipinski definition) is 4. The van der Waals surface area contributed by atoms with Gasteiger partial charge in [-0.15, -0.1) is 0 Å². The molecule has 0 radical (unpaired) electrons. The maximum atomic E-state index is 13.6. The molecule has 4 rings (SSSR count). The molecule has 3 aromatic rings. The van der Waals surface area contributed by atoms with Crippen molar-refractivity contribution in [2.45, 2.75) is 40.7 Å². The SMILES string of the molecule is Cc1ccc(NC2=C(c3ccc(OC(C)C)cc3)C(=O)N(c3cc(C)cc(C)c3)C2=O)cc1. The Balaban J connectivity index is 1.79. The van der Waals surface area contributed by atoms with Crippen molar-refractivity contribution in [3.8, 4) is 5.75 Å².